The van der Waals surface area contributed by atoms with Crippen LogP contribution in [0, 0.1) is 0 Å². The Morgan fingerprint density at radius 1 is 1.57 bits per heavy atom. The molecule has 0 saturated carbocycles. The second kappa shape index (κ2) is 6.52. The summed E-state index contributed by atoms with van der Waals surface area (Å²) in [5.41, 5.74) is 0. The van der Waals surface area contributed by atoms with Crippen molar-refractivity contribution in [1.29, 1.82) is 0 Å². The molecule has 0 aliphatic carbocycles. The van der Waals surface area contributed by atoms with Crippen LogP contribution in [0.2, 0.25) is 0 Å². The van der Waals surface area contributed by atoms with E-state index in [0.717, 1.165) is 13.0 Å². The third-order valence-corrected chi connectivity index (χ3v) is 2.80. The number of hydrogen-bond acceptors (Lipinski definition) is 3. The molecule has 14 heavy (non-hydrogen) atoms. The van der Waals surface area contributed by atoms with Crippen LogP contribution in [0.1, 0.15) is 32.6 Å². The quantitative estimate of drug-likeness (QED) is 0.507. The van der Waals surface area contributed by atoms with E-state index < -0.39 is 0 Å². The molecule has 3 nitrogen and oxygen atoms in total. The molecule has 1 atom stereocenters. The molecule has 1 heterocycles. The fourth-order valence-corrected chi connectivity index (χ4v) is 2.04. The number of likely N-dealkylation sites (tertiary alicyclic amines) is 1. The lowest BCUT2D eigenvalue weighted by Gasteiger charge is -2.34. The minimum Gasteiger partial charge on any atom is -0.300 e. The van der Waals surface area contributed by atoms with Gasteiger partial charge in [0.1, 0.15) is 0 Å². The first-order valence-electron chi connectivity index (χ1n) is 5.34. The van der Waals surface area contributed by atoms with Crippen molar-refractivity contribution in [3.63, 3.8) is 0 Å². The SMILES string of the molecule is CCN1CCCCC1C/C=C\N=C=O. The van der Waals surface area contributed by atoms with Crippen LogP contribution in [0.3, 0.4) is 0 Å². The number of rotatable bonds is 4. The Hall–Kier alpha value is -0.920. The maximum absolute atomic E-state index is 9.82. The predicted molar refractivity (Wildman–Crippen MR) is 56.8 cm³/mol. The van der Waals surface area contributed by atoms with Crippen molar-refractivity contribution in [2.24, 2.45) is 4.99 Å². The Morgan fingerprint density at radius 3 is 3.14 bits per heavy atom. The first-order valence-corrected chi connectivity index (χ1v) is 5.34. The first-order chi connectivity index (χ1) is 6.88. The van der Waals surface area contributed by atoms with E-state index in [1.807, 2.05) is 6.08 Å². The smallest absolute Gasteiger partial charge is 0.239 e. The fourth-order valence-electron chi connectivity index (χ4n) is 2.04. The van der Waals surface area contributed by atoms with Crippen molar-refractivity contribution in [3.05, 3.63) is 12.3 Å². The van der Waals surface area contributed by atoms with Crippen LogP contribution in [0.4, 0.5) is 0 Å². The highest BCUT2D eigenvalue weighted by Crippen LogP contribution is 2.19. The Morgan fingerprint density at radius 2 is 2.43 bits per heavy atom. The zero-order valence-corrected chi connectivity index (χ0v) is 8.78. The van der Waals surface area contributed by atoms with Crippen LogP contribution in [0.15, 0.2) is 17.3 Å². The second-order valence-electron chi connectivity index (χ2n) is 3.62. The van der Waals surface area contributed by atoms with Gasteiger partial charge < -0.3 is 4.90 Å². The molecule has 78 valence electrons. The van der Waals surface area contributed by atoms with Gasteiger partial charge >= 0.3 is 0 Å². The van der Waals surface area contributed by atoms with E-state index in [1.165, 1.54) is 31.9 Å². The highest BCUT2D eigenvalue weighted by molar-refractivity contribution is 5.34. The van der Waals surface area contributed by atoms with Gasteiger partial charge in [-0.1, -0.05) is 19.4 Å². The van der Waals surface area contributed by atoms with E-state index >= 15 is 0 Å². The van der Waals surface area contributed by atoms with Crippen LogP contribution in [-0.2, 0) is 4.79 Å². The van der Waals surface area contributed by atoms with Gasteiger partial charge in [-0.3, -0.25) is 0 Å². The van der Waals surface area contributed by atoms with Crippen molar-refractivity contribution in [3.8, 4) is 0 Å². The number of carbonyl (C=O) groups excluding carboxylic acids is 1. The van der Waals surface area contributed by atoms with Gasteiger partial charge in [0.05, 0.1) is 0 Å². The number of hydrogen-bond donors (Lipinski definition) is 0. The van der Waals surface area contributed by atoms with Crippen LogP contribution in [0.25, 0.3) is 0 Å². The molecular weight excluding hydrogens is 176 g/mol. The molecule has 1 rings (SSSR count). The Kier molecular flexibility index (Phi) is 5.20. The molecule has 1 fully saturated rings. The molecular formula is C11H18N2O. The molecule has 0 N–H and O–H groups in total. The van der Waals surface area contributed by atoms with Gasteiger partial charge in [0.15, 0.2) is 0 Å². The lowest BCUT2D eigenvalue weighted by atomic mass is 9.99. The monoisotopic (exact) mass is 194 g/mol. The number of isocyanates is 1. The maximum Gasteiger partial charge on any atom is 0.239 e. The van der Waals surface area contributed by atoms with Crippen molar-refractivity contribution in [1.82, 2.24) is 4.90 Å². The average molecular weight is 194 g/mol. The summed E-state index contributed by atoms with van der Waals surface area (Å²) in [6.07, 6.45) is 9.93. The molecule has 0 radical (unpaired) electrons. The minimum absolute atomic E-state index is 0.645. The number of piperidine rings is 1. The van der Waals surface area contributed by atoms with Crippen LogP contribution in [-0.4, -0.2) is 30.1 Å². The summed E-state index contributed by atoms with van der Waals surface area (Å²) >= 11 is 0. The van der Waals surface area contributed by atoms with Crippen molar-refractivity contribution < 1.29 is 4.79 Å². The Balaban J connectivity index is 2.36. The summed E-state index contributed by atoms with van der Waals surface area (Å²) in [5.74, 6) is 0. The normalized spacial score (nSPS) is 23.6. The molecule has 0 aromatic heterocycles. The van der Waals surface area contributed by atoms with Gasteiger partial charge in [-0.25, -0.2) is 4.79 Å². The zero-order chi connectivity index (χ0) is 10.2. The summed E-state index contributed by atoms with van der Waals surface area (Å²) in [5, 5.41) is 0. The molecule has 0 aromatic rings. The van der Waals surface area contributed by atoms with Crippen molar-refractivity contribution >= 4 is 6.08 Å². The molecule has 1 saturated heterocycles. The highest BCUT2D eigenvalue weighted by Gasteiger charge is 2.18. The Labute approximate surface area is 85.5 Å². The van der Waals surface area contributed by atoms with Gasteiger partial charge in [0, 0.05) is 12.2 Å². The van der Waals surface area contributed by atoms with Crippen LogP contribution < -0.4 is 0 Å². The summed E-state index contributed by atoms with van der Waals surface area (Å²) in [6.45, 7) is 4.53. The summed E-state index contributed by atoms with van der Waals surface area (Å²) in [4.78, 5) is 15.7. The largest absolute Gasteiger partial charge is 0.300 e. The molecule has 1 unspecified atom stereocenters. The van der Waals surface area contributed by atoms with Gasteiger partial charge in [-0.2, -0.15) is 4.99 Å². The average Bonchev–Trinajstić information content (AvgIpc) is 2.25. The third kappa shape index (κ3) is 3.44. The van der Waals surface area contributed by atoms with E-state index in [4.69, 9.17) is 0 Å². The van der Waals surface area contributed by atoms with Gasteiger partial charge in [-0.15, -0.1) is 0 Å². The molecule has 0 spiro atoms. The molecule has 0 aromatic carbocycles. The van der Waals surface area contributed by atoms with E-state index in [0.29, 0.717) is 6.04 Å². The van der Waals surface area contributed by atoms with E-state index in [9.17, 15) is 4.79 Å². The molecule has 3 heteroatoms. The van der Waals surface area contributed by atoms with Gasteiger partial charge in [0.2, 0.25) is 6.08 Å². The first kappa shape index (κ1) is 11.2. The lowest BCUT2D eigenvalue weighted by molar-refractivity contribution is 0.157. The fraction of sp³-hybridized carbons (Fsp3) is 0.727. The standard InChI is InChI=1S/C11H18N2O/c1-2-13-9-4-3-6-11(13)7-5-8-12-10-14/h5,8,11H,2-4,6-7,9H2,1H3/b8-5-. The number of nitrogens with zero attached hydrogens (tertiary/aromatic N) is 2. The highest BCUT2D eigenvalue weighted by atomic mass is 16.1. The summed E-state index contributed by atoms with van der Waals surface area (Å²) < 4.78 is 0. The molecule has 1 aliphatic rings. The third-order valence-electron chi connectivity index (χ3n) is 2.80. The summed E-state index contributed by atoms with van der Waals surface area (Å²) in [7, 11) is 0. The maximum atomic E-state index is 9.82. The van der Waals surface area contributed by atoms with E-state index in [1.54, 1.807) is 6.20 Å². The van der Waals surface area contributed by atoms with Gasteiger partial charge in [0.25, 0.3) is 0 Å². The number of aliphatic imine (C=N–C) groups is 1. The minimum atomic E-state index is 0.645. The second-order valence-corrected chi connectivity index (χ2v) is 3.62. The van der Waals surface area contributed by atoms with E-state index in [-0.39, 0.29) is 0 Å². The van der Waals surface area contributed by atoms with Crippen LogP contribution in [0.5, 0.6) is 0 Å². The van der Waals surface area contributed by atoms with Crippen LogP contribution >= 0.6 is 0 Å². The summed E-state index contributed by atoms with van der Waals surface area (Å²) in [6, 6.07) is 0.645. The van der Waals surface area contributed by atoms with E-state index in [2.05, 4.69) is 16.8 Å². The van der Waals surface area contributed by atoms with Gasteiger partial charge in [-0.05, 0) is 32.4 Å². The lowest BCUT2D eigenvalue weighted by Crippen LogP contribution is -2.38. The predicted octanol–water partition coefficient (Wildman–Crippen LogP) is 2.10. The Bertz CT molecular complexity index is 231. The van der Waals surface area contributed by atoms with Crippen molar-refractivity contribution in [2.75, 3.05) is 13.1 Å². The topological polar surface area (TPSA) is 32.7 Å². The molecule has 0 amide bonds. The molecule has 0 bridgehead atoms. The van der Waals surface area contributed by atoms with Crippen molar-refractivity contribution in [2.45, 2.75) is 38.6 Å². The molecule has 1 aliphatic heterocycles. The zero-order valence-electron chi connectivity index (χ0n) is 8.78.